The average Bonchev–Trinajstić information content (AvgIpc) is 3.49. The fourth-order valence-electron chi connectivity index (χ4n) is 4.52. The summed E-state index contributed by atoms with van der Waals surface area (Å²) in [6.45, 7) is 7.55. The van der Waals surface area contributed by atoms with Crippen LogP contribution in [0, 0.1) is 0 Å². The average molecular weight is 642 g/mol. The maximum Gasteiger partial charge on any atom is 0.338 e. The van der Waals surface area contributed by atoms with Gasteiger partial charge < -0.3 is 13.9 Å². The lowest BCUT2D eigenvalue weighted by molar-refractivity contribution is -0.139. The van der Waals surface area contributed by atoms with E-state index in [1.54, 1.807) is 32.1 Å². The van der Waals surface area contributed by atoms with Crippen molar-refractivity contribution in [2.24, 2.45) is 4.99 Å². The number of carbonyl (C=O) groups excluding carboxylic acids is 1. The molecular weight excluding hydrogens is 616 g/mol. The number of benzene rings is 2. The molecular formula is C30H26BrClN2O5S. The Morgan fingerprint density at radius 2 is 2.00 bits per heavy atom. The second-order valence-electron chi connectivity index (χ2n) is 9.34. The molecule has 7 nitrogen and oxygen atoms in total. The van der Waals surface area contributed by atoms with Crippen molar-refractivity contribution in [1.29, 1.82) is 0 Å². The van der Waals surface area contributed by atoms with Crippen LogP contribution in [0.15, 0.2) is 84.5 Å². The van der Waals surface area contributed by atoms with Crippen molar-refractivity contribution in [2.45, 2.75) is 39.8 Å². The highest BCUT2D eigenvalue weighted by Crippen LogP contribution is 2.36. The van der Waals surface area contributed by atoms with E-state index < -0.39 is 12.0 Å². The number of esters is 1. The fraction of sp³-hybridized carbons (Fsp3) is 0.233. The third kappa shape index (κ3) is 5.46. The zero-order chi connectivity index (χ0) is 28.6. The van der Waals surface area contributed by atoms with E-state index in [1.165, 1.54) is 15.9 Å². The summed E-state index contributed by atoms with van der Waals surface area (Å²) < 4.78 is 20.3. The number of fused-ring (bicyclic) bond motifs is 1. The minimum atomic E-state index is -0.774. The summed E-state index contributed by atoms with van der Waals surface area (Å²) in [6.07, 6.45) is 1.58. The Morgan fingerprint density at radius 1 is 1.23 bits per heavy atom. The van der Waals surface area contributed by atoms with Crippen LogP contribution in [-0.2, 0) is 9.53 Å². The molecule has 2 aromatic carbocycles. The summed E-state index contributed by atoms with van der Waals surface area (Å²) in [5.74, 6) is 1.18. The van der Waals surface area contributed by atoms with Crippen LogP contribution >= 0.6 is 38.9 Å². The summed E-state index contributed by atoms with van der Waals surface area (Å²) in [4.78, 5) is 32.2. The normalized spacial score (nSPS) is 15.3. The summed E-state index contributed by atoms with van der Waals surface area (Å²) in [5, 5.41) is 0.568. The second kappa shape index (κ2) is 11.6. The Bertz CT molecular complexity index is 1820. The van der Waals surface area contributed by atoms with Gasteiger partial charge >= 0.3 is 5.97 Å². The van der Waals surface area contributed by atoms with E-state index in [0.717, 1.165) is 10.0 Å². The Kier molecular flexibility index (Phi) is 8.16. The van der Waals surface area contributed by atoms with E-state index in [1.807, 2.05) is 56.3 Å². The zero-order valence-corrected chi connectivity index (χ0v) is 25.4. The lowest BCUT2D eigenvalue weighted by Crippen LogP contribution is -2.40. The Morgan fingerprint density at radius 3 is 2.73 bits per heavy atom. The van der Waals surface area contributed by atoms with Gasteiger partial charge in [-0.15, -0.1) is 0 Å². The number of hydrogen-bond acceptors (Lipinski definition) is 7. The molecule has 0 spiro atoms. The van der Waals surface area contributed by atoms with Crippen molar-refractivity contribution in [3.8, 4) is 17.1 Å². The highest BCUT2D eigenvalue weighted by Gasteiger charge is 2.35. The second-order valence-corrected chi connectivity index (χ2v) is 11.6. The lowest BCUT2D eigenvalue weighted by Gasteiger charge is -2.26. The number of hydrogen-bond donors (Lipinski definition) is 0. The third-order valence-corrected chi connectivity index (χ3v) is 8.41. The molecule has 206 valence electrons. The van der Waals surface area contributed by atoms with E-state index >= 15 is 0 Å². The van der Waals surface area contributed by atoms with Gasteiger partial charge in [-0.2, -0.15) is 0 Å². The molecule has 10 heteroatoms. The Balaban J connectivity index is 1.66. The summed E-state index contributed by atoms with van der Waals surface area (Å²) >= 11 is 10.9. The molecule has 3 heterocycles. The van der Waals surface area contributed by atoms with E-state index in [4.69, 9.17) is 25.5 Å². The van der Waals surface area contributed by atoms with Gasteiger partial charge in [0.15, 0.2) is 4.80 Å². The number of rotatable bonds is 7. The maximum atomic E-state index is 13.9. The number of thiazole rings is 1. The number of carbonyl (C=O) groups is 1. The van der Waals surface area contributed by atoms with Crippen molar-refractivity contribution < 1.29 is 18.7 Å². The predicted octanol–water partition coefficient (Wildman–Crippen LogP) is 6.26. The number of nitrogens with zero attached hydrogens (tertiary/aromatic N) is 2. The molecule has 0 unspecified atom stereocenters. The molecule has 0 fully saturated rings. The van der Waals surface area contributed by atoms with Crippen molar-refractivity contribution >= 4 is 50.9 Å². The highest BCUT2D eigenvalue weighted by molar-refractivity contribution is 9.10. The van der Waals surface area contributed by atoms with Crippen LogP contribution in [-0.4, -0.2) is 23.2 Å². The predicted molar refractivity (Wildman–Crippen MR) is 159 cm³/mol. The quantitative estimate of drug-likeness (QED) is 0.223. The number of para-hydroxylation sites is 1. The summed E-state index contributed by atoms with van der Waals surface area (Å²) in [7, 11) is 0. The molecule has 0 bridgehead atoms. The summed E-state index contributed by atoms with van der Waals surface area (Å²) in [6, 6.07) is 15.8. The molecule has 0 N–H and O–H groups in total. The van der Waals surface area contributed by atoms with E-state index in [9.17, 15) is 9.59 Å². The van der Waals surface area contributed by atoms with Gasteiger partial charge in [0.05, 0.1) is 33.5 Å². The first-order valence-corrected chi connectivity index (χ1v) is 14.7. The lowest BCUT2D eigenvalue weighted by atomic mass is 9.95. The Labute approximate surface area is 248 Å². The molecule has 4 aromatic rings. The zero-order valence-electron chi connectivity index (χ0n) is 22.2. The van der Waals surface area contributed by atoms with Crippen LogP contribution in [0.4, 0.5) is 0 Å². The standard InChI is InChI=1S/C30H26BrClN2O5S/c1-5-37-29(36)26-17(4)33-30-34(27(26)20-8-6-7-9-24(20)38-16(2)3)28(35)25(40-30)15-19-11-13-23(39-19)18-10-12-21(31)22(32)14-18/h6-16,27H,5H2,1-4H3/b25-15+/t27-/m0/s1. The van der Waals surface area contributed by atoms with Gasteiger partial charge in [-0.25, -0.2) is 9.79 Å². The van der Waals surface area contributed by atoms with Crippen LogP contribution in [0.2, 0.25) is 5.02 Å². The third-order valence-electron chi connectivity index (χ3n) is 6.20. The number of ether oxygens (including phenoxy) is 2. The van der Waals surface area contributed by atoms with Gasteiger partial charge in [0, 0.05) is 21.7 Å². The fourth-order valence-corrected chi connectivity index (χ4v) is 5.97. The van der Waals surface area contributed by atoms with Crippen LogP contribution in [0.25, 0.3) is 17.4 Å². The van der Waals surface area contributed by atoms with Crippen LogP contribution < -0.4 is 19.6 Å². The van der Waals surface area contributed by atoms with Crippen molar-refractivity contribution in [1.82, 2.24) is 4.57 Å². The van der Waals surface area contributed by atoms with Crippen LogP contribution in [0.5, 0.6) is 5.75 Å². The van der Waals surface area contributed by atoms with E-state index in [-0.39, 0.29) is 18.3 Å². The van der Waals surface area contributed by atoms with Crippen LogP contribution in [0.1, 0.15) is 45.1 Å². The van der Waals surface area contributed by atoms with Gasteiger partial charge in [0.1, 0.15) is 23.3 Å². The topological polar surface area (TPSA) is 83.0 Å². The van der Waals surface area contributed by atoms with Gasteiger partial charge in [-0.3, -0.25) is 9.36 Å². The molecule has 0 radical (unpaired) electrons. The number of halogens is 2. The SMILES string of the molecule is CCOC(=O)C1=C(C)N=c2s/c(=C/c3ccc(-c4ccc(Br)c(Cl)c4)o3)c(=O)n2[C@H]1c1ccccc1OC(C)C. The first-order chi connectivity index (χ1) is 19.2. The molecule has 5 rings (SSSR count). The summed E-state index contributed by atoms with van der Waals surface area (Å²) in [5.41, 5.74) is 1.97. The molecule has 2 aromatic heterocycles. The van der Waals surface area contributed by atoms with Crippen LogP contribution in [0.3, 0.4) is 0 Å². The number of aromatic nitrogens is 1. The number of allylic oxidation sites excluding steroid dienone is 1. The largest absolute Gasteiger partial charge is 0.491 e. The minimum absolute atomic E-state index is 0.109. The molecule has 1 aliphatic rings. The first-order valence-electron chi connectivity index (χ1n) is 12.7. The molecule has 0 saturated heterocycles. The van der Waals surface area contributed by atoms with Crippen molar-refractivity contribution in [2.75, 3.05) is 6.61 Å². The maximum absolute atomic E-state index is 13.9. The highest BCUT2D eigenvalue weighted by atomic mass is 79.9. The van der Waals surface area contributed by atoms with Gasteiger partial charge in [0.25, 0.3) is 5.56 Å². The molecule has 1 atom stereocenters. The first kappa shape index (κ1) is 28.1. The minimum Gasteiger partial charge on any atom is -0.491 e. The van der Waals surface area contributed by atoms with Gasteiger partial charge in [-0.1, -0.05) is 47.2 Å². The van der Waals surface area contributed by atoms with E-state index in [0.29, 0.717) is 48.5 Å². The van der Waals surface area contributed by atoms with Gasteiger partial charge in [-0.05, 0) is 74.0 Å². The van der Waals surface area contributed by atoms with Gasteiger partial charge in [0.2, 0.25) is 0 Å². The monoisotopic (exact) mass is 640 g/mol. The molecule has 0 amide bonds. The van der Waals surface area contributed by atoms with Crippen molar-refractivity contribution in [3.05, 3.63) is 106 Å². The molecule has 0 aliphatic carbocycles. The molecule has 40 heavy (non-hydrogen) atoms. The van der Waals surface area contributed by atoms with E-state index in [2.05, 4.69) is 20.9 Å². The smallest absolute Gasteiger partial charge is 0.338 e. The molecule has 0 saturated carbocycles. The van der Waals surface area contributed by atoms with Crippen molar-refractivity contribution in [3.63, 3.8) is 0 Å². The number of furan rings is 1. The molecule has 1 aliphatic heterocycles. The Hall–Kier alpha value is -3.40.